The van der Waals surface area contributed by atoms with E-state index in [4.69, 9.17) is 4.74 Å². The molecule has 1 amide bonds. The first-order valence-corrected chi connectivity index (χ1v) is 6.39. The lowest BCUT2D eigenvalue weighted by Gasteiger charge is -2.14. The highest BCUT2D eigenvalue weighted by molar-refractivity contribution is 5.80. The zero-order chi connectivity index (χ0) is 14.4. The molecule has 1 N–H and O–H groups in total. The minimum atomic E-state index is -0.635. The molecule has 3 nitrogen and oxygen atoms in total. The van der Waals surface area contributed by atoms with Crippen molar-refractivity contribution in [2.45, 2.75) is 19.6 Å². The number of hydrogen-bond acceptors (Lipinski definition) is 2. The molecule has 0 aliphatic rings. The summed E-state index contributed by atoms with van der Waals surface area (Å²) in [7, 11) is 0. The first kappa shape index (κ1) is 14.1. The summed E-state index contributed by atoms with van der Waals surface area (Å²) in [6, 6.07) is 15.4. The van der Waals surface area contributed by atoms with Crippen LogP contribution in [0.2, 0.25) is 0 Å². The van der Waals surface area contributed by atoms with Gasteiger partial charge in [-0.25, -0.2) is 4.39 Å². The number of nitrogens with one attached hydrogen (secondary N) is 1. The van der Waals surface area contributed by atoms with Gasteiger partial charge in [-0.1, -0.05) is 36.4 Å². The SMILES string of the molecule is C[C@@H](Oc1ccccc1)C(=O)NCc1ccccc1F. The number of hydrogen-bond donors (Lipinski definition) is 1. The van der Waals surface area contributed by atoms with Gasteiger partial charge in [0.1, 0.15) is 11.6 Å². The van der Waals surface area contributed by atoms with Crippen LogP contribution in [0.3, 0.4) is 0 Å². The lowest BCUT2D eigenvalue weighted by atomic mass is 10.2. The normalized spacial score (nSPS) is 11.7. The molecular formula is C16H16FNO2. The predicted molar refractivity (Wildman–Crippen MR) is 74.8 cm³/mol. The molecule has 0 saturated carbocycles. The van der Waals surface area contributed by atoms with E-state index in [0.717, 1.165) is 0 Å². The predicted octanol–water partition coefficient (Wildman–Crippen LogP) is 2.91. The van der Waals surface area contributed by atoms with Crippen molar-refractivity contribution in [2.24, 2.45) is 0 Å². The maximum Gasteiger partial charge on any atom is 0.261 e. The molecule has 1 atom stereocenters. The molecule has 0 unspecified atom stereocenters. The van der Waals surface area contributed by atoms with Crippen LogP contribution in [0.15, 0.2) is 54.6 Å². The van der Waals surface area contributed by atoms with E-state index in [2.05, 4.69) is 5.32 Å². The first-order valence-electron chi connectivity index (χ1n) is 6.39. The highest BCUT2D eigenvalue weighted by atomic mass is 19.1. The molecule has 0 spiro atoms. The summed E-state index contributed by atoms with van der Waals surface area (Å²) in [5.74, 6) is 0.0163. The van der Waals surface area contributed by atoms with Gasteiger partial charge in [0.25, 0.3) is 5.91 Å². The fourth-order valence-electron chi connectivity index (χ4n) is 1.72. The molecule has 0 heterocycles. The summed E-state index contributed by atoms with van der Waals surface area (Å²) in [6.45, 7) is 1.80. The van der Waals surface area contributed by atoms with Crippen molar-refractivity contribution in [1.82, 2.24) is 5.32 Å². The molecule has 0 aromatic heterocycles. The van der Waals surface area contributed by atoms with Crippen molar-refractivity contribution < 1.29 is 13.9 Å². The van der Waals surface area contributed by atoms with Gasteiger partial charge >= 0.3 is 0 Å². The third-order valence-corrected chi connectivity index (χ3v) is 2.84. The topological polar surface area (TPSA) is 38.3 Å². The van der Waals surface area contributed by atoms with Crippen molar-refractivity contribution in [2.75, 3.05) is 0 Å². The zero-order valence-electron chi connectivity index (χ0n) is 11.2. The number of carbonyl (C=O) groups excluding carboxylic acids is 1. The van der Waals surface area contributed by atoms with Crippen LogP contribution in [0.4, 0.5) is 4.39 Å². The maximum absolute atomic E-state index is 13.4. The Morgan fingerprint density at radius 1 is 1.15 bits per heavy atom. The standard InChI is InChI=1S/C16H16FNO2/c1-12(20-14-8-3-2-4-9-14)16(19)18-11-13-7-5-6-10-15(13)17/h2-10,12H,11H2,1H3,(H,18,19)/t12-/m1/s1. The Hall–Kier alpha value is -2.36. The fraction of sp³-hybridized carbons (Fsp3) is 0.188. The fourth-order valence-corrected chi connectivity index (χ4v) is 1.72. The van der Waals surface area contributed by atoms with E-state index in [1.807, 2.05) is 18.2 Å². The number of para-hydroxylation sites is 1. The van der Waals surface area contributed by atoms with Crippen LogP contribution in [0.25, 0.3) is 0 Å². The molecule has 20 heavy (non-hydrogen) atoms. The molecule has 104 valence electrons. The molecule has 0 aliphatic carbocycles. The summed E-state index contributed by atoms with van der Waals surface area (Å²) in [6.07, 6.45) is -0.635. The second-order valence-corrected chi connectivity index (χ2v) is 4.38. The van der Waals surface area contributed by atoms with E-state index >= 15 is 0 Å². The average molecular weight is 273 g/mol. The van der Waals surface area contributed by atoms with Crippen molar-refractivity contribution >= 4 is 5.91 Å². The van der Waals surface area contributed by atoms with Gasteiger partial charge in [-0.15, -0.1) is 0 Å². The summed E-state index contributed by atoms with van der Waals surface area (Å²) >= 11 is 0. The van der Waals surface area contributed by atoms with Crippen molar-refractivity contribution in [3.8, 4) is 5.75 Å². The Bertz CT molecular complexity index is 572. The van der Waals surface area contributed by atoms with Crippen molar-refractivity contribution in [3.63, 3.8) is 0 Å². The van der Waals surface area contributed by atoms with Gasteiger partial charge in [-0.05, 0) is 25.1 Å². The molecule has 2 aromatic carbocycles. The smallest absolute Gasteiger partial charge is 0.261 e. The number of benzene rings is 2. The summed E-state index contributed by atoms with van der Waals surface area (Å²) in [5, 5.41) is 2.66. The van der Waals surface area contributed by atoms with Gasteiger partial charge in [-0.3, -0.25) is 4.79 Å². The Labute approximate surface area is 117 Å². The molecule has 2 rings (SSSR count). The van der Waals surface area contributed by atoms with Crippen molar-refractivity contribution in [1.29, 1.82) is 0 Å². The van der Waals surface area contributed by atoms with Gasteiger partial charge in [0.15, 0.2) is 6.10 Å². The molecule has 0 bridgehead atoms. The number of halogens is 1. The highest BCUT2D eigenvalue weighted by Crippen LogP contribution is 2.11. The summed E-state index contributed by atoms with van der Waals surface area (Å²) in [5.41, 5.74) is 0.452. The Morgan fingerprint density at radius 2 is 1.80 bits per heavy atom. The van der Waals surface area contributed by atoms with Gasteiger partial charge in [0.2, 0.25) is 0 Å². The monoisotopic (exact) mass is 273 g/mol. The molecule has 0 aliphatic heterocycles. The lowest BCUT2D eigenvalue weighted by molar-refractivity contribution is -0.127. The largest absolute Gasteiger partial charge is 0.481 e. The third-order valence-electron chi connectivity index (χ3n) is 2.84. The third kappa shape index (κ3) is 3.82. The second kappa shape index (κ2) is 6.70. The Morgan fingerprint density at radius 3 is 2.50 bits per heavy atom. The van der Waals surface area contributed by atoms with Crippen LogP contribution >= 0.6 is 0 Å². The summed E-state index contributed by atoms with van der Waals surface area (Å²) in [4.78, 5) is 11.9. The number of rotatable bonds is 5. The van der Waals surface area contributed by atoms with Crippen LogP contribution in [-0.2, 0) is 11.3 Å². The Balaban J connectivity index is 1.87. The molecular weight excluding hydrogens is 257 g/mol. The molecule has 2 aromatic rings. The van der Waals surface area contributed by atoms with Crippen LogP contribution in [0.1, 0.15) is 12.5 Å². The quantitative estimate of drug-likeness (QED) is 0.909. The minimum absolute atomic E-state index is 0.147. The summed E-state index contributed by atoms with van der Waals surface area (Å²) < 4.78 is 18.9. The molecule has 0 radical (unpaired) electrons. The van der Waals surface area contributed by atoms with Crippen LogP contribution in [0, 0.1) is 5.82 Å². The second-order valence-electron chi connectivity index (χ2n) is 4.38. The van der Waals surface area contributed by atoms with E-state index in [-0.39, 0.29) is 18.3 Å². The van der Waals surface area contributed by atoms with Crippen LogP contribution in [-0.4, -0.2) is 12.0 Å². The lowest BCUT2D eigenvalue weighted by Crippen LogP contribution is -2.36. The van der Waals surface area contributed by atoms with E-state index in [0.29, 0.717) is 11.3 Å². The van der Waals surface area contributed by atoms with Gasteiger partial charge in [0, 0.05) is 12.1 Å². The maximum atomic E-state index is 13.4. The number of carbonyl (C=O) groups is 1. The zero-order valence-corrected chi connectivity index (χ0v) is 11.2. The molecule has 4 heteroatoms. The van der Waals surface area contributed by atoms with E-state index < -0.39 is 6.10 Å². The number of ether oxygens (including phenoxy) is 1. The Kier molecular flexibility index (Phi) is 4.71. The molecule has 0 saturated heterocycles. The van der Waals surface area contributed by atoms with E-state index in [9.17, 15) is 9.18 Å². The van der Waals surface area contributed by atoms with Crippen molar-refractivity contribution in [3.05, 3.63) is 66.0 Å². The van der Waals surface area contributed by atoms with E-state index in [1.165, 1.54) is 6.07 Å². The van der Waals surface area contributed by atoms with Crippen LogP contribution in [0.5, 0.6) is 5.75 Å². The highest BCUT2D eigenvalue weighted by Gasteiger charge is 2.14. The van der Waals surface area contributed by atoms with Gasteiger partial charge in [-0.2, -0.15) is 0 Å². The van der Waals surface area contributed by atoms with Crippen LogP contribution < -0.4 is 10.1 Å². The molecule has 0 fully saturated rings. The van der Waals surface area contributed by atoms with E-state index in [1.54, 1.807) is 37.3 Å². The number of amides is 1. The van der Waals surface area contributed by atoms with Gasteiger partial charge < -0.3 is 10.1 Å². The minimum Gasteiger partial charge on any atom is -0.481 e. The van der Waals surface area contributed by atoms with Gasteiger partial charge in [0.05, 0.1) is 0 Å². The average Bonchev–Trinajstić information content (AvgIpc) is 2.47. The first-order chi connectivity index (χ1) is 9.66.